The zero-order chi connectivity index (χ0) is 18.5. The Hall–Kier alpha value is -3.06. The predicted octanol–water partition coefficient (Wildman–Crippen LogP) is 0.864. The number of phenolic OH excluding ortho intramolecular Hbond substituents is 1. The first kappa shape index (κ1) is 16.4. The van der Waals surface area contributed by atoms with Crippen LogP contribution in [0, 0.1) is 23.6 Å². The molecule has 0 bridgehead atoms. The minimum absolute atomic E-state index is 0.0249. The lowest BCUT2D eigenvalue weighted by atomic mass is 10.1. The molecule has 2 aromatic rings. The van der Waals surface area contributed by atoms with E-state index in [4.69, 9.17) is 0 Å². The maximum Gasteiger partial charge on any atom is 0.326 e. The highest BCUT2D eigenvalue weighted by Gasteiger charge is 2.38. The van der Waals surface area contributed by atoms with Crippen molar-refractivity contribution in [1.82, 2.24) is 14.9 Å². The summed E-state index contributed by atoms with van der Waals surface area (Å²) in [6.07, 6.45) is 2.14. The Morgan fingerprint density at radius 1 is 1.35 bits per heavy atom. The van der Waals surface area contributed by atoms with Gasteiger partial charge in [-0.1, -0.05) is 5.92 Å². The molecule has 2 fully saturated rings. The zero-order valence-corrected chi connectivity index (χ0v) is 14.1. The van der Waals surface area contributed by atoms with Crippen molar-refractivity contribution in [1.29, 1.82) is 0 Å². The topological polar surface area (TPSA) is 115 Å². The first-order valence-corrected chi connectivity index (χ1v) is 9.21. The van der Waals surface area contributed by atoms with Gasteiger partial charge in [-0.05, 0) is 37.0 Å². The number of nitrogens with zero attached hydrogens (tertiary/aromatic N) is 2. The Balaban J connectivity index is 1.75. The third-order valence-corrected chi connectivity index (χ3v) is 5.38. The molecule has 0 spiro atoms. The summed E-state index contributed by atoms with van der Waals surface area (Å²) in [4.78, 5) is 11.4. The van der Waals surface area contributed by atoms with E-state index in [1.54, 1.807) is 4.72 Å². The molecule has 10 heteroatoms. The lowest BCUT2D eigenvalue weighted by Gasteiger charge is -2.18. The number of nitrogens with one attached hydrogen (secondary N) is 2. The number of benzene rings is 1. The molecule has 0 atom stereocenters. The fourth-order valence-corrected chi connectivity index (χ4v) is 3.73. The molecule has 0 unspecified atom stereocenters. The van der Waals surface area contributed by atoms with E-state index in [9.17, 15) is 22.7 Å². The first-order chi connectivity index (χ1) is 12.3. The van der Waals surface area contributed by atoms with Crippen LogP contribution in [0.4, 0.5) is 10.1 Å². The number of H-pyrrole nitrogens is 1. The van der Waals surface area contributed by atoms with Crippen LogP contribution < -0.4 is 9.03 Å². The summed E-state index contributed by atoms with van der Waals surface area (Å²) in [7, 11) is -4.26. The van der Waals surface area contributed by atoms with Crippen LogP contribution in [0.1, 0.15) is 18.5 Å². The molecule has 0 radical (unpaired) electrons. The standard InChI is InChI=1S/C16H13FN4O4S/c17-15-11(12-7-10(18-19-12)4-3-9-1-2-9)5-6-13(22)16(15)21-8-14(23)20-26(21,24)25/h5-7,9,22H,1-2,8H2,(H,18,19)(H,20,23). The van der Waals surface area contributed by atoms with Gasteiger partial charge in [0.1, 0.15) is 23.7 Å². The second-order valence-electron chi connectivity index (χ2n) is 6.04. The Kier molecular flexibility index (Phi) is 3.62. The van der Waals surface area contributed by atoms with E-state index in [-0.39, 0.29) is 11.3 Å². The predicted molar refractivity (Wildman–Crippen MR) is 89.7 cm³/mol. The molecule has 1 saturated carbocycles. The molecule has 3 N–H and O–H groups in total. The molecular formula is C16H13FN4O4S. The van der Waals surface area contributed by atoms with Gasteiger partial charge in [-0.2, -0.15) is 13.5 Å². The fourth-order valence-electron chi connectivity index (χ4n) is 2.57. The molecule has 1 amide bonds. The number of aromatic hydroxyl groups is 1. The number of rotatable bonds is 2. The maximum atomic E-state index is 15.0. The molecule has 2 aliphatic rings. The summed E-state index contributed by atoms with van der Waals surface area (Å²) in [5.74, 6) is 3.94. The van der Waals surface area contributed by atoms with E-state index in [1.807, 2.05) is 0 Å². The van der Waals surface area contributed by atoms with E-state index in [2.05, 4.69) is 22.0 Å². The van der Waals surface area contributed by atoms with Crippen LogP contribution in [0.15, 0.2) is 18.2 Å². The average Bonchev–Trinajstić information content (AvgIpc) is 3.21. The van der Waals surface area contributed by atoms with Gasteiger partial charge in [0.2, 0.25) is 0 Å². The van der Waals surface area contributed by atoms with Crippen LogP contribution in [0.2, 0.25) is 0 Å². The summed E-state index contributed by atoms with van der Waals surface area (Å²) in [5.41, 5.74) is 0.0869. The number of aromatic nitrogens is 2. The van der Waals surface area contributed by atoms with Crippen LogP contribution in [-0.4, -0.2) is 36.2 Å². The zero-order valence-electron chi connectivity index (χ0n) is 13.3. The van der Waals surface area contributed by atoms with E-state index in [0.29, 0.717) is 15.9 Å². The van der Waals surface area contributed by atoms with E-state index in [1.165, 1.54) is 12.1 Å². The lowest BCUT2D eigenvalue weighted by Crippen LogP contribution is -2.30. The highest BCUT2D eigenvalue weighted by Crippen LogP contribution is 2.38. The van der Waals surface area contributed by atoms with Crippen molar-refractivity contribution in [3.05, 3.63) is 29.7 Å². The molecule has 1 aromatic heterocycles. The van der Waals surface area contributed by atoms with Crippen LogP contribution in [-0.2, 0) is 15.0 Å². The van der Waals surface area contributed by atoms with Crippen molar-refractivity contribution in [2.75, 3.05) is 10.8 Å². The molecule has 1 saturated heterocycles. The molecule has 1 aliphatic carbocycles. The minimum atomic E-state index is -4.26. The van der Waals surface area contributed by atoms with Crippen molar-refractivity contribution < 1.29 is 22.7 Å². The highest BCUT2D eigenvalue weighted by molar-refractivity contribution is 7.92. The van der Waals surface area contributed by atoms with Crippen molar-refractivity contribution in [3.8, 4) is 28.8 Å². The maximum absolute atomic E-state index is 15.0. The van der Waals surface area contributed by atoms with Crippen LogP contribution >= 0.6 is 0 Å². The second kappa shape index (κ2) is 5.74. The van der Waals surface area contributed by atoms with Gasteiger partial charge in [-0.3, -0.25) is 9.89 Å². The van der Waals surface area contributed by atoms with Gasteiger partial charge >= 0.3 is 10.2 Å². The van der Waals surface area contributed by atoms with Crippen molar-refractivity contribution in [3.63, 3.8) is 0 Å². The summed E-state index contributed by atoms with van der Waals surface area (Å²) < 4.78 is 41.1. The smallest absolute Gasteiger partial charge is 0.326 e. The summed E-state index contributed by atoms with van der Waals surface area (Å²) in [6.45, 7) is -0.616. The SMILES string of the molecule is O=C1CN(c2c(O)ccc(-c3cc(C#CC4CC4)[nH]n3)c2F)S(=O)(=O)N1. The van der Waals surface area contributed by atoms with Gasteiger partial charge in [0.05, 0.1) is 5.69 Å². The number of amides is 1. The van der Waals surface area contributed by atoms with Crippen molar-refractivity contribution >= 4 is 21.8 Å². The van der Waals surface area contributed by atoms with Gasteiger partial charge < -0.3 is 5.11 Å². The molecule has 1 aliphatic heterocycles. The Bertz CT molecular complexity index is 1080. The summed E-state index contributed by atoms with van der Waals surface area (Å²) in [6, 6.07) is 3.97. The summed E-state index contributed by atoms with van der Waals surface area (Å²) in [5, 5.41) is 16.6. The molecular weight excluding hydrogens is 363 g/mol. The van der Waals surface area contributed by atoms with E-state index < -0.39 is 39.9 Å². The van der Waals surface area contributed by atoms with Gasteiger partial charge in [-0.25, -0.2) is 13.4 Å². The van der Waals surface area contributed by atoms with Gasteiger partial charge in [0.15, 0.2) is 5.82 Å². The highest BCUT2D eigenvalue weighted by atomic mass is 32.2. The van der Waals surface area contributed by atoms with Gasteiger partial charge in [0.25, 0.3) is 5.91 Å². The van der Waals surface area contributed by atoms with Gasteiger partial charge in [-0.15, -0.1) is 0 Å². The monoisotopic (exact) mass is 376 g/mol. The number of hydrogen-bond acceptors (Lipinski definition) is 5. The van der Waals surface area contributed by atoms with Crippen molar-refractivity contribution in [2.24, 2.45) is 5.92 Å². The van der Waals surface area contributed by atoms with Gasteiger partial charge in [0, 0.05) is 11.5 Å². The van der Waals surface area contributed by atoms with Crippen molar-refractivity contribution in [2.45, 2.75) is 12.8 Å². The molecule has 8 nitrogen and oxygen atoms in total. The first-order valence-electron chi connectivity index (χ1n) is 7.77. The van der Waals surface area contributed by atoms with Crippen LogP contribution in [0.3, 0.4) is 0 Å². The second-order valence-corrected chi connectivity index (χ2v) is 7.64. The lowest BCUT2D eigenvalue weighted by molar-refractivity contribution is -0.117. The third kappa shape index (κ3) is 2.86. The number of carbonyl (C=O) groups is 1. The third-order valence-electron chi connectivity index (χ3n) is 4.01. The number of phenols is 1. The summed E-state index contributed by atoms with van der Waals surface area (Å²) >= 11 is 0. The molecule has 4 rings (SSSR count). The quantitative estimate of drug-likeness (QED) is 0.673. The number of aromatic amines is 1. The normalized spacial score (nSPS) is 18.3. The number of carbonyl (C=O) groups excluding carboxylic acids is 1. The largest absolute Gasteiger partial charge is 0.506 e. The van der Waals surface area contributed by atoms with E-state index in [0.717, 1.165) is 18.9 Å². The molecule has 134 valence electrons. The fraction of sp³-hybridized carbons (Fsp3) is 0.250. The molecule has 1 aromatic carbocycles. The Morgan fingerprint density at radius 3 is 2.77 bits per heavy atom. The van der Waals surface area contributed by atoms with Crippen LogP contribution in [0.25, 0.3) is 11.3 Å². The van der Waals surface area contributed by atoms with E-state index >= 15 is 0 Å². The number of halogens is 1. The Morgan fingerprint density at radius 2 is 2.12 bits per heavy atom. The minimum Gasteiger partial charge on any atom is -0.506 e. The Labute approximate surface area is 148 Å². The molecule has 26 heavy (non-hydrogen) atoms. The molecule has 2 heterocycles. The average molecular weight is 376 g/mol. The van der Waals surface area contributed by atoms with Crippen LogP contribution in [0.5, 0.6) is 5.75 Å². The number of anilines is 1. The number of hydrogen-bond donors (Lipinski definition) is 3.